The Kier molecular flexibility index (Phi) is 6.99. The fraction of sp³-hybridized carbons (Fsp3) is 0.435. The van der Waals surface area contributed by atoms with Gasteiger partial charge in [-0.1, -0.05) is 6.92 Å². The highest BCUT2D eigenvalue weighted by atomic mass is 16.4. The van der Waals surface area contributed by atoms with Crippen molar-refractivity contribution in [2.75, 3.05) is 36.4 Å². The minimum Gasteiger partial charge on any atom is -0.459 e. The van der Waals surface area contributed by atoms with Gasteiger partial charge in [0.25, 0.3) is 5.89 Å². The summed E-state index contributed by atoms with van der Waals surface area (Å²) >= 11 is 0. The molecule has 3 heterocycles. The van der Waals surface area contributed by atoms with E-state index in [-0.39, 0.29) is 12.5 Å². The van der Waals surface area contributed by atoms with Gasteiger partial charge in [0.2, 0.25) is 11.8 Å². The molecule has 0 unspecified atom stereocenters. The molecular weight excluding hydrogens is 394 g/mol. The number of furan rings is 1. The minimum absolute atomic E-state index is 0.0649. The highest BCUT2D eigenvalue weighted by Gasteiger charge is 2.17. The van der Waals surface area contributed by atoms with E-state index in [0.717, 1.165) is 31.7 Å². The zero-order valence-electron chi connectivity index (χ0n) is 17.9. The molecule has 1 N–H and O–H groups in total. The number of amides is 1. The predicted molar refractivity (Wildman–Crippen MR) is 119 cm³/mol. The first-order valence-electron chi connectivity index (χ1n) is 10.9. The topological polar surface area (TPSA) is 87.6 Å². The molecule has 0 spiro atoms. The van der Waals surface area contributed by atoms with Crippen molar-refractivity contribution in [3.8, 4) is 11.7 Å². The van der Waals surface area contributed by atoms with Crippen LogP contribution in [0.2, 0.25) is 0 Å². The first-order chi connectivity index (χ1) is 15.2. The van der Waals surface area contributed by atoms with E-state index in [1.165, 1.54) is 24.9 Å². The zero-order chi connectivity index (χ0) is 21.5. The Morgan fingerprint density at radius 1 is 1.13 bits per heavy atom. The molecule has 0 saturated carbocycles. The second kappa shape index (κ2) is 10.3. The summed E-state index contributed by atoms with van der Waals surface area (Å²) in [6, 6.07) is 11.6. The van der Waals surface area contributed by atoms with Gasteiger partial charge in [-0.05, 0) is 68.6 Å². The Morgan fingerprint density at radius 2 is 1.94 bits per heavy atom. The van der Waals surface area contributed by atoms with Crippen molar-refractivity contribution in [2.24, 2.45) is 0 Å². The van der Waals surface area contributed by atoms with Crippen LogP contribution in [0.1, 0.15) is 38.5 Å². The predicted octanol–water partition coefficient (Wildman–Crippen LogP) is 4.17. The van der Waals surface area contributed by atoms with Crippen LogP contribution in [-0.4, -0.2) is 47.2 Å². The molecule has 8 heteroatoms. The average Bonchev–Trinajstić information content (AvgIpc) is 3.47. The Morgan fingerprint density at radius 3 is 2.65 bits per heavy atom. The van der Waals surface area contributed by atoms with Crippen LogP contribution in [0.3, 0.4) is 0 Å². The lowest BCUT2D eigenvalue weighted by molar-refractivity contribution is -0.117. The number of benzene rings is 1. The van der Waals surface area contributed by atoms with Gasteiger partial charge in [0.05, 0.1) is 19.4 Å². The smallest absolute Gasteiger partial charge is 0.283 e. The third-order valence-electron chi connectivity index (χ3n) is 5.34. The summed E-state index contributed by atoms with van der Waals surface area (Å²) in [5.41, 5.74) is 2.02. The molecule has 4 rings (SSSR count). The molecule has 1 amide bonds. The maximum absolute atomic E-state index is 12.6. The van der Waals surface area contributed by atoms with E-state index in [2.05, 4.69) is 39.5 Å². The second-order valence-corrected chi connectivity index (χ2v) is 7.83. The van der Waals surface area contributed by atoms with Gasteiger partial charge in [-0.2, -0.15) is 0 Å². The average molecular weight is 424 g/mol. The Hall–Kier alpha value is -3.13. The number of nitrogens with one attached hydrogen (secondary N) is 1. The number of hydrogen-bond donors (Lipinski definition) is 1. The van der Waals surface area contributed by atoms with E-state index in [1.54, 1.807) is 18.4 Å². The Labute approximate surface area is 182 Å². The highest BCUT2D eigenvalue weighted by Crippen LogP contribution is 2.22. The van der Waals surface area contributed by atoms with Gasteiger partial charge in [0.15, 0.2) is 5.76 Å². The van der Waals surface area contributed by atoms with Crippen molar-refractivity contribution >= 4 is 17.3 Å². The normalized spacial score (nSPS) is 14.2. The molecule has 0 radical (unpaired) electrons. The van der Waals surface area contributed by atoms with Crippen molar-refractivity contribution in [3.63, 3.8) is 0 Å². The molecule has 1 fully saturated rings. The number of carbonyl (C=O) groups excluding carboxylic acids is 1. The lowest BCUT2D eigenvalue weighted by atomic mass is 10.1. The van der Waals surface area contributed by atoms with Gasteiger partial charge < -0.3 is 19.1 Å². The van der Waals surface area contributed by atoms with E-state index >= 15 is 0 Å². The number of hydrogen-bond acceptors (Lipinski definition) is 7. The molecular formula is C23H29N5O3. The van der Waals surface area contributed by atoms with E-state index in [0.29, 0.717) is 24.1 Å². The third kappa shape index (κ3) is 5.73. The minimum atomic E-state index is -0.0649. The molecule has 3 aromatic rings. The highest BCUT2D eigenvalue weighted by molar-refractivity contribution is 5.92. The van der Waals surface area contributed by atoms with Crippen molar-refractivity contribution in [1.29, 1.82) is 0 Å². The van der Waals surface area contributed by atoms with Crippen LogP contribution in [0.4, 0.5) is 11.4 Å². The first-order valence-corrected chi connectivity index (χ1v) is 10.9. The third-order valence-corrected chi connectivity index (χ3v) is 5.34. The van der Waals surface area contributed by atoms with Crippen LogP contribution in [0.5, 0.6) is 0 Å². The van der Waals surface area contributed by atoms with Gasteiger partial charge in [-0.25, -0.2) is 0 Å². The number of carbonyl (C=O) groups is 1. The monoisotopic (exact) mass is 423 g/mol. The van der Waals surface area contributed by atoms with Crippen molar-refractivity contribution < 1.29 is 13.6 Å². The maximum Gasteiger partial charge on any atom is 0.283 e. The molecule has 164 valence electrons. The molecule has 1 aromatic carbocycles. The van der Waals surface area contributed by atoms with Crippen molar-refractivity contribution in [1.82, 2.24) is 15.1 Å². The molecule has 8 nitrogen and oxygen atoms in total. The summed E-state index contributed by atoms with van der Waals surface area (Å²) in [6.45, 7) is 5.69. The molecule has 1 saturated heterocycles. The van der Waals surface area contributed by atoms with E-state index in [4.69, 9.17) is 8.83 Å². The number of aromatic nitrogens is 2. The maximum atomic E-state index is 12.6. The molecule has 1 aliphatic rings. The van der Waals surface area contributed by atoms with Crippen LogP contribution < -0.4 is 10.2 Å². The van der Waals surface area contributed by atoms with E-state index in [1.807, 2.05) is 17.0 Å². The number of piperidine rings is 1. The second-order valence-electron chi connectivity index (χ2n) is 7.83. The van der Waals surface area contributed by atoms with Crippen molar-refractivity contribution in [2.45, 2.75) is 39.2 Å². The zero-order valence-corrected chi connectivity index (χ0v) is 17.9. The summed E-state index contributed by atoms with van der Waals surface area (Å²) in [4.78, 5) is 17.0. The van der Waals surface area contributed by atoms with Crippen molar-refractivity contribution in [3.05, 3.63) is 48.6 Å². The lowest BCUT2D eigenvalue weighted by Crippen LogP contribution is -2.33. The molecule has 0 aliphatic carbocycles. The van der Waals surface area contributed by atoms with Gasteiger partial charge >= 0.3 is 0 Å². The van der Waals surface area contributed by atoms with Gasteiger partial charge in [-0.15, -0.1) is 10.2 Å². The number of rotatable bonds is 9. The molecule has 2 aromatic heterocycles. The molecule has 1 aliphatic heterocycles. The number of anilines is 2. The molecule has 0 bridgehead atoms. The quantitative estimate of drug-likeness (QED) is 0.553. The first kappa shape index (κ1) is 21.1. The summed E-state index contributed by atoms with van der Waals surface area (Å²) in [6.07, 6.45) is 6.28. The van der Waals surface area contributed by atoms with E-state index in [9.17, 15) is 4.79 Å². The van der Waals surface area contributed by atoms with E-state index < -0.39 is 0 Å². The standard InChI is InChI=1S/C23H29N5O3/c1-2-12-27(17-22-25-26-23(31-22)20-7-6-15-30-20)16-21(29)24-18-8-10-19(11-9-18)28-13-4-3-5-14-28/h6-11,15H,2-5,12-14,16-17H2,1H3,(H,24,29). The van der Waals surface area contributed by atoms with Crippen LogP contribution in [-0.2, 0) is 11.3 Å². The molecule has 0 atom stereocenters. The summed E-state index contributed by atoms with van der Waals surface area (Å²) < 4.78 is 11.0. The van der Waals surface area contributed by atoms with Crippen LogP contribution in [0.15, 0.2) is 51.5 Å². The Bertz CT molecular complexity index is 946. The van der Waals surface area contributed by atoms with Crippen LogP contribution in [0.25, 0.3) is 11.7 Å². The number of nitrogens with zero attached hydrogens (tertiary/aromatic N) is 4. The van der Waals surface area contributed by atoms with Crippen LogP contribution >= 0.6 is 0 Å². The lowest BCUT2D eigenvalue weighted by Gasteiger charge is -2.28. The molecule has 31 heavy (non-hydrogen) atoms. The SMILES string of the molecule is CCCN(CC(=O)Nc1ccc(N2CCCCC2)cc1)Cc1nnc(-c2ccco2)o1. The fourth-order valence-corrected chi connectivity index (χ4v) is 3.85. The van der Waals surface area contributed by atoms with Gasteiger partial charge in [-0.3, -0.25) is 9.69 Å². The largest absolute Gasteiger partial charge is 0.459 e. The van der Waals surface area contributed by atoms with Gasteiger partial charge in [0, 0.05) is 24.5 Å². The fourth-order valence-electron chi connectivity index (χ4n) is 3.85. The summed E-state index contributed by atoms with van der Waals surface area (Å²) in [5, 5.41) is 11.1. The van der Waals surface area contributed by atoms with Gasteiger partial charge in [0.1, 0.15) is 0 Å². The van der Waals surface area contributed by atoms with Crippen LogP contribution in [0, 0.1) is 0 Å². The summed E-state index contributed by atoms with van der Waals surface area (Å²) in [5.74, 6) is 1.27. The Balaban J connectivity index is 1.32. The summed E-state index contributed by atoms with van der Waals surface area (Å²) in [7, 11) is 0.